The summed E-state index contributed by atoms with van der Waals surface area (Å²) in [5.74, 6) is 0.154. The number of ether oxygens (including phenoxy) is 2. The van der Waals surface area contributed by atoms with E-state index in [1.54, 1.807) is 6.92 Å². The monoisotopic (exact) mass is 485 g/mol. The molecule has 1 aromatic heterocycles. The Balaban J connectivity index is 2.39. The van der Waals surface area contributed by atoms with Gasteiger partial charge in [0.2, 0.25) is 0 Å². The number of nitrogens with one attached hydrogen (secondary N) is 1. The zero-order valence-electron chi connectivity index (χ0n) is 14.7. The van der Waals surface area contributed by atoms with Crippen LogP contribution < -0.4 is 14.8 Å². The van der Waals surface area contributed by atoms with Crippen molar-refractivity contribution < 1.29 is 23.1 Å². The van der Waals surface area contributed by atoms with Crippen LogP contribution in [0.5, 0.6) is 11.8 Å². The summed E-state index contributed by atoms with van der Waals surface area (Å²) in [5, 5.41) is 3.17. The van der Waals surface area contributed by atoms with Gasteiger partial charge in [-0.05, 0) is 47.2 Å². The standard InChI is InChI=1S/C15H21IN3O5P/c1-9(25(20,23-4)24-5)17-8-10-6-11(16)7-12-13(10)19-15(22-3)14(18-12)21-2/h6-7,9,17H,8H2,1-5H3/t9-/m0/s1/i16+4. The first kappa shape index (κ1) is 20.3. The molecule has 0 radical (unpaired) electrons. The fourth-order valence-corrected chi connectivity index (χ4v) is 4.09. The number of aromatic nitrogens is 2. The molecule has 0 amide bonds. The first-order valence-corrected chi connectivity index (χ1v) is 10.1. The summed E-state index contributed by atoms with van der Waals surface area (Å²) in [5.41, 5.74) is 2.26. The van der Waals surface area contributed by atoms with Crippen LogP contribution >= 0.6 is 30.2 Å². The van der Waals surface area contributed by atoms with E-state index in [4.69, 9.17) is 18.5 Å². The minimum absolute atomic E-state index is 0.310. The summed E-state index contributed by atoms with van der Waals surface area (Å²) < 4.78 is 33.9. The van der Waals surface area contributed by atoms with E-state index in [1.807, 2.05) is 12.1 Å². The summed E-state index contributed by atoms with van der Waals surface area (Å²) in [7, 11) is 2.56. The van der Waals surface area contributed by atoms with Crippen LogP contribution in [0.1, 0.15) is 12.5 Å². The van der Waals surface area contributed by atoms with Crippen LogP contribution in [0.15, 0.2) is 12.1 Å². The minimum Gasteiger partial charge on any atom is -0.477 e. The van der Waals surface area contributed by atoms with Gasteiger partial charge in [0.05, 0.1) is 25.3 Å². The summed E-state index contributed by atoms with van der Waals surface area (Å²) in [6, 6.07) is 3.89. The van der Waals surface area contributed by atoms with Gasteiger partial charge in [-0.1, -0.05) is 0 Å². The first-order chi connectivity index (χ1) is 11.9. The molecule has 1 aromatic carbocycles. The Morgan fingerprint density at radius 1 is 1.12 bits per heavy atom. The smallest absolute Gasteiger partial charge is 0.346 e. The third kappa shape index (κ3) is 4.40. The van der Waals surface area contributed by atoms with Gasteiger partial charge in [-0.15, -0.1) is 0 Å². The molecule has 25 heavy (non-hydrogen) atoms. The van der Waals surface area contributed by atoms with E-state index >= 15 is 0 Å². The first-order valence-electron chi connectivity index (χ1n) is 7.41. The maximum Gasteiger partial charge on any atom is 0.346 e. The molecular formula is C15H21IN3O5P. The van der Waals surface area contributed by atoms with E-state index in [0.29, 0.717) is 29.3 Å². The third-order valence-corrected chi connectivity index (χ3v) is 6.48. The molecule has 138 valence electrons. The largest absolute Gasteiger partial charge is 0.477 e. The SMILES string of the molecule is COc1nc2cc([131I])cc(CN[C@H](C)P(=O)(OC)OC)c2nc1OC. The van der Waals surface area contributed by atoms with Crippen LogP contribution in [0.3, 0.4) is 0 Å². The summed E-state index contributed by atoms with van der Waals surface area (Å²) in [4.78, 5) is 8.95. The zero-order chi connectivity index (χ0) is 18.6. The van der Waals surface area contributed by atoms with Crippen molar-refractivity contribution >= 4 is 41.2 Å². The Hall–Kier alpha value is -1.00. The molecule has 0 aliphatic rings. The van der Waals surface area contributed by atoms with E-state index < -0.39 is 13.4 Å². The molecule has 2 rings (SSSR count). The lowest BCUT2D eigenvalue weighted by Crippen LogP contribution is -2.27. The van der Waals surface area contributed by atoms with Crippen LogP contribution in [0.2, 0.25) is 0 Å². The van der Waals surface area contributed by atoms with Gasteiger partial charge in [0.25, 0.3) is 11.8 Å². The Labute approximate surface area is 160 Å². The highest BCUT2D eigenvalue weighted by Gasteiger charge is 2.29. The number of hydrogen-bond acceptors (Lipinski definition) is 8. The van der Waals surface area contributed by atoms with Crippen LogP contribution in [0.25, 0.3) is 11.0 Å². The molecule has 1 heterocycles. The number of benzene rings is 1. The summed E-state index contributed by atoms with van der Waals surface area (Å²) >= 11 is 2.21. The third-order valence-electron chi connectivity index (χ3n) is 3.71. The quantitative estimate of drug-likeness (QED) is 0.451. The molecule has 0 fully saturated rings. The van der Waals surface area contributed by atoms with Gasteiger partial charge in [0.1, 0.15) is 5.78 Å². The van der Waals surface area contributed by atoms with Crippen molar-refractivity contribution in [2.24, 2.45) is 0 Å². The molecule has 0 saturated heterocycles. The van der Waals surface area contributed by atoms with Crippen LogP contribution in [-0.2, 0) is 20.2 Å². The van der Waals surface area contributed by atoms with Crippen molar-refractivity contribution in [3.8, 4) is 11.8 Å². The highest BCUT2D eigenvalue weighted by Crippen LogP contribution is 2.50. The molecule has 0 aliphatic heterocycles. The molecule has 0 aliphatic carbocycles. The highest BCUT2D eigenvalue weighted by molar-refractivity contribution is 14.1. The van der Waals surface area contributed by atoms with Crippen LogP contribution in [0.4, 0.5) is 0 Å². The number of nitrogens with zero attached hydrogens (tertiary/aromatic N) is 2. The summed E-state index contributed by atoms with van der Waals surface area (Å²) in [6.07, 6.45) is 0. The van der Waals surface area contributed by atoms with E-state index in [0.717, 1.165) is 9.13 Å². The maximum absolute atomic E-state index is 12.4. The maximum atomic E-state index is 12.4. The molecule has 0 saturated carbocycles. The zero-order valence-corrected chi connectivity index (χ0v) is 17.8. The highest BCUT2D eigenvalue weighted by atomic mass is 131. The van der Waals surface area contributed by atoms with Crippen molar-refractivity contribution in [2.75, 3.05) is 28.4 Å². The number of methoxy groups -OCH3 is 2. The van der Waals surface area contributed by atoms with Gasteiger partial charge in [0.15, 0.2) is 0 Å². The van der Waals surface area contributed by atoms with Crippen molar-refractivity contribution in [2.45, 2.75) is 19.3 Å². The van der Waals surface area contributed by atoms with Crippen molar-refractivity contribution in [3.05, 3.63) is 21.3 Å². The second-order valence-electron chi connectivity index (χ2n) is 5.14. The lowest BCUT2D eigenvalue weighted by atomic mass is 10.1. The van der Waals surface area contributed by atoms with E-state index in [2.05, 4.69) is 37.9 Å². The molecule has 8 nitrogen and oxygen atoms in total. The Kier molecular flexibility index (Phi) is 6.98. The molecule has 0 unspecified atom stereocenters. The van der Waals surface area contributed by atoms with Crippen LogP contribution in [0, 0.1) is 3.57 Å². The second kappa shape index (κ2) is 8.59. The van der Waals surface area contributed by atoms with Gasteiger partial charge in [0, 0.05) is 24.3 Å². The fourth-order valence-electron chi connectivity index (χ4n) is 2.32. The Morgan fingerprint density at radius 2 is 1.72 bits per heavy atom. The Bertz CT molecular complexity index is 796. The van der Waals surface area contributed by atoms with Gasteiger partial charge in [-0.3, -0.25) is 9.88 Å². The molecular weight excluding hydrogens is 464 g/mol. The number of halogens is 1. The van der Waals surface area contributed by atoms with E-state index in [9.17, 15) is 4.57 Å². The number of fused-ring (bicyclic) bond motifs is 1. The van der Waals surface area contributed by atoms with E-state index in [1.165, 1.54) is 28.4 Å². The second-order valence-corrected chi connectivity index (χ2v) is 8.97. The van der Waals surface area contributed by atoms with Crippen molar-refractivity contribution in [3.63, 3.8) is 0 Å². The number of rotatable bonds is 8. The summed E-state index contributed by atoms with van der Waals surface area (Å²) in [6.45, 7) is 2.16. The predicted octanol–water partition coefficient (Wildman–Crippen LogP) is 3.17. The van der Waals surface area contributed by atoms with Crippen molar-refractivity contribution in [1.82, 2.24) is 15.3 Å². The Morgan fingerprint density at radius 3 is 2.28 bits per heavy atom. The molecule has 0 spiro atoms. The minimum atomic E-state index is -3.20. The van der Waals surface area contributed by atoms with Gasteiger partial charge in [-0.25, -0.2) is 9.97 Å². The average molecular weight is 485 g/mol. The van der Waals surface area contributed by atoms with Gasteiger partial charge < -0.3 is 18.5 Å². The predicted molar refractivity (Wildman–Crippen MR) is 103 cm³/mol. The molecule has 10 heteroatoms. The fraction of sp³-hybridized carbons (Fsp3) is 0.467. The lowest BCUT2D eigenvalue weighted by molar-refractivity contribution is 0.261. The molecule has 2 aromatic rings. The average Bonchev–Trinajstić information content (AvgIpc) is 2.63. The molecule has 1 N–H and O–H groups in total. The molecule has 0 bridgehead atoms. The lowest BCUT2D eigenvalue weighted by Gasteiger charge is -2.22. The molecule has 1 atom stereocenters. The normalized spacial score (nSPS) is 13.0. The van der Waals surface area contributed by atoms with Gasteiger partial charge >= 0.3 is 7.60 Å². The van der Waals surface area contributed by atoms with Gasteiger partial charge in [-0.2, -0.15) is 0 Å². The van der Waals surface area contributed by atoms with Crippen LogP contribution in [-0.4, -0.2) is 44.2 Å². The van der Waals surface area contributed by atoms with E-state index in [-0.39, 0.29) is 0 Å². The number of hydrogen-bond donors (Lipinski definition) is 1. The topological polar surface area (TPSA) is 91.8 Å². The van der Waals surface area contributed by atoms with Crippen molar-refractivity contribution in [1.29, 1.82) is 0 Å².